The number of hydrogen-bond donors (Lipinski definition) is 2. The predicted molar refractivity (Wildman–Crippen MR) is 75.2 cm³/mol. The fourth-order valence-corrected chi connectivity index (χ4v) is 2.88. The molecule has 0 aromatic carbocycles. The van der Waals surface area contributed by atoms with Crippen LogP contribution in [0.5, 0.6) is 0 Å². The summed E-state index contributed by atoms with van der Waals surface area (Å²) in [5.74, 6) is 0.528. The van der Waals surface area contributed by atoms with Crippen molar-refractivity contribution in [3.05, 3.63) is 12.7 Å². The molecule has 2 aromatic heterocycles. The molecule has 110 valence electrons. The van der Waals surface area contributed by atoms with Crippen LogP contribution in [0, 0.1) is 5.92 Å². The lowest BCUT2D eigenvalue weighted by Gasteiger charge is -2.14. The van der Waals surface area contributed by atoms with Gasteiger partial charge in [0, 0.05) is 13.7 Å². The molecule has 2 aromatic rings. The first-order valence-corrected chi connectivity index (χ1v) is 7.98. The van der Waals surface area contributed by atoms with Crippen LogP contribution in [0.3, 0.4) is 0 Å². The Morgan fingerprint density at radius 2 is 2.25 bits per heavy atom. The molecule has 0 saturated carbocycles. The molecule has 0 radical (unpaired) electrons. The molecule has 0 bridgehead atoms. The van der Waals surface area contributed by atoms with Gasteiger partial charge < -0.3 is 19.7 Å². The Morgan fingerprint density at radius 3 is 2.95 bits per heavy atom. The van der Waals surface area contributed by atoms with Crippen LogP contribution in [0.15, 0.2) is 12.7 Å². The summed E-state index contributed by atoms with van der Waals surface area (Å²) in [6, 6.07) is 0. The number of nitrogens with zero attached hydrogens (tertiary/aromatic N) is 4. The quantitative estimate of drug-likeness (QED) is 0.771. The molecule has 2 atom stereocenters. The zero-order chi connectivity index (χ0) is 14.8. The average Bonchev–Trinajstić information content (AvgIpc) is 2.82. The smallest absolute Gasteiger partial charge is 0.327 e. The largest absolute Gasteiger partial charge is 0.382 e. The highest BCUT2D eigenvalue weighted by molar-refractivity contribution is 7.52. The van der Waals surface area contributed by atoms with Gasteiger partial charge in [-0.05, 0) is 12.3 Å². The number of nitrogens with two attached hydrogens (primary N) is 1. The summed E-state index contributed by atoms with van der Waals surface area (Å²) in [7, 11) is -2.20. The minimum absolute atomic E-state index is 0.133. The maximum atomic E-state index is 11.4. The van der Waals surface area contributed by atoms with Crippen LogP contribution < -0.4 is 5.73 Å². The van der Waals surface area contributed by atoms with Crippen LogP contribution in [0.2, 0.25) is 0 Å². The molecule has 0 amide bonds. The van der Waals surface area contributed by atoms with Crippen molar-refractivity contribution >= 4 is 24.6 Å². The monoisotopic (exact) mass is 299 g/mol. The van der Waals surface area contributed by atoms with Crippen molar-refractivity contribution in [3.8, 4) is 0 Å². The SMILES string of the molecule is COP(=O)(O)CCC(C)Cn1cnc2c(N)ncnc21. The Kier molecular flexibility index (Phi) is 4.37. The second-order valence-electron chi connectivity index (χ2n) is 4.77. The van der Waals surface area contributed by atoms with Crippen LogP contribution >= 0.6 is 7.60 Å². The molecule has 0 fully saturated rings. The van der Waals surface area contributed by atoms with Crippen LogP contribution in [-0.2, 0) is 15.6 Å². The van der Waals surface area contributed by atoms with E-state index in [4.69, 9.17) is 5.73 Å². The molecular weight excluding hydrogens is 281 g/mol. The van der Waals surface area contributed by atoms with E-state index in [0.717, 1.165) is 0 Å². The van der Waals surface area contributed by atoms with Crippen molar-refractivity contribution < 1.29 is 14.0 Å². The van der Waals surface area contributed by atoms with Crippen molar-refractivity contribution in [3.63, 3.8) is 0 Å². The van der Waals surface area contributed by atoms with Gasteiger partial charge >= 0.3 is 7.60 Å². The number of nitrogen functional groups attached to an aromatic ring is 1. The molecule has 20 heavy (non-hydrogen) atoms. The van der Waals surface area contributed by atoms with E-state index in [1.54, 1.807) is 6.33 Å². The number of fused-ring (bicyclic) bond motifs is 1. The zero-order valence-corrected chi connectivity index (χ0v) is 12.3. The minimum Gasteiger partial charge on any atom is -0.382 e. The van der Waals surface area contributed by atoms with E-state index in [0.29, 0.717) is 29.9 Å². The molecule has 0 saturated heterocycles. The summed E-state index contributed by atoms with van der Waals surface area (Å²) < 4.78 is 17.9. The first-order valence-electron chi connectivity index (χ1n) is 6.22. The Balaban J connectivity index is 2.05. The Morgan fingerprint density at radius 1 is 1.50 bits per heavy atom. The summed E-state index contributed by atoms with van der Waals surface area (Å²) in [5.41, 5.74) is 6.96. The fourth-order valence-electron chi connectivity index (χ4n) is 1.93. The molecule has 0 aliphatic rings. The van der Waals surface area contributed by atoms with Crippen LogP contribution in [0.1, 0.15) is 13.3 Å². The second kappa shape index (κ2) is 5.87. The summed E-state index contributed by atoms with van der Waals surface area (Å²) >= 11 is 0. The van der Waals surface area contributed by atoms with E-state index in [-0.39, 0.29) is 12.1 Å². The van der Waals surface area contributed by atoms with E-state index in [9.17, 15) is 9.46 Å². The third kappa shape index (κ3) is 3.33. The van der Waals surface area contributed by atoms with Crippen molar-refractivity contribution in [1.82, 2.24) is 19.5 Å². The third-order valence-corrected chi connectivity index (χ3v) is 4.52. The van der Waals surface area contributed by atoms with Crippen molar-refractivity contribution in [1.29, 1.82) is 0 Å². The maximum absolute atomic E-state index is 11.4. The normalized spacial score (nSPS) is 16.1. The highest BCUT2D eigenvalue weighted by atomic mass is 31.2. The van der Waals surface area contributed by atoms with E-state index >= 15 is 0 Å². The number of rotatable bonds is 6. The molecular formula is C11H18N5O3P. The third-order valence-electron chi connectivity index (χ3n) is 3.13. The van der Waals surface area contributed by atoms with Crippen LogP contribution in [-0.4, -0.2) is 37.7 Å². The number of aromatic nitrogens is 4. The Bertz CT molecular complexity index is 644. The molecule has 8 nitrogen and oxygen atoms in total. The molecule has 2 rings (SSSR count). The van der Waals surface area contributed by atoms with Gasteiger partial charge in [0.1, 0.15) is 11.8 Å². The lowest BCUT2D eigenvalue weighted by Crippen LogP contribution is -2.09. The molecule has 2 heterocycles. The van der Waals surface area contributed by atoms with Gasteiger partial charge in [0.25, 0.3) is 0 Å². The number of imidazole rings is 1. The predicted octanol–water partition coefficient (Wildman–Crippen LogP) is 1.27. The fraction of sp³-hybridized carbons (Fsp3) is 0.545. The van der Waals surface area contributed by atoms with Gasteiger partial charge in [0.15, 0.2) is 11.5 Å². The lowest BCUT2D eigenvalue weighted by molar-refractivity contribution is 0.310. The summed E-state index contributed by atoms with van der Waals surface area (Å²) in [6.45, 7) is 2.63. The van der Waals surface area contributed by atoms with Gasteiger partial charge in [-0.3, -0.25) is 4.57 Å². The van der Waals surface area contributed by atoms with Crippen molar-refractivity contribution in [2.24, 2.45) is 5.92 Å². The highest BCUT2D eigenvalue weighted by Gasteiger charge is 2.19. The van der Waals surface area contributed by atoms with Crippen molar-refractivity contribution in [2.45, 2.75) is 19.9 Å². The van der Waals surface area contributed by atoms with Gasteiger partial charge in [0.05, 0.1) is 12.5 Å². The molecule has 0 aliphatic heterocycles. The molecule has 2 unspecified atom stereocenters. The second-order valence-corrected chi connectivity index (χ2v) is 6.85. The Labute approximate surface area is 116 Å². The van der Waals surface area contributed by atoms with Gasteiger partial charge in [-0.25, -0.2) is 15.0 Å². The topological polar surface area (TPSA) is 116 Å². The average molecular weight is 299 g/mol. The summed E-state index contributed by atoms with van der Waals surface area (Å²) in [5, 5.41) is 0. The zero-order valence-electron chi connectivity index (χ0n) is 11.4. The van der Waals surface area contributed by atoms with Crippen LogP contribution in [0.25, 0.3) is 11.2 Å². The van der Waals surface area contributed by atoms with Gasteiger partial charge in [-0.1, -0.05) is 6.92 Å². The first kappa shape index (κ1) is 14.9. The molecule has 9 heteroatoms. The first-order chi connectivity index (χ1) is 9.43. The van der Waals surface area contributed by atoms with Gasteiger partial charge in [-0.2, -0.15) is 0 Å². The van der Waals surface area contributed by atoms with Crippen LogP contribution in [0.4, 0.5) is 5.82 Å². The summed E-state index contributed by atoms with van der Waals surface area (Å²) in [6.07, 6.45) is 3.75. The maximum Gasteiger partial charge on any atom is 0.327 e. The summed E-state index contributed by atoms with van der Waals surface area (Å²) in [4.78, 5) is 21.6. The lowest BCUT2D eigenvalue weighted by atomic mass is 10.1. The van der Waals surface area contributed by atoms with Gasteiger partial charge in [0.2, 0.25) is 0 Å². The molecule has 0 spiro atoms. The molecule has 0 aliphatic carbocycles. The number of anilines is 1. The minimum atomic E-state index is -3.44. The van der Waals surface area contributed by atoms with E-state index in [2.05, 4.69) is 19.5 Å². The number of hydrogen-bond acceptors (Lipinski definition) is 6. The van der Waals surface area contributed by atoms with E-state index in [1.165, 1.54) is 13.4 Å². The highest BCUT2D eigenvalue weighted by Crippen LogP contribution is 2.42. The van der Waals surface area contributed by atoms with E-state index in [1.807, 2.05) is 11.5 Å². The van der Waals surface area contributed by atoms with E-state index < -0.39 is 7.60 Å². The van der Waals surface area contributed by atoms with Gasteiger partial charge in [-0.15, -0.1) is 0 Å². The Hall–Kier alpha value is -1.50. The standard InChI is InChI=1S/C11H18N5O3P/c1-8(3-4-20(17,18)19-2)5-16-7-15-9-10(12)13-6-14-11(9)16/h6-8H,3-5H2,1-2H3,(H,17,18)(H2,12,13,14). The molecule has 3 N–H and O–H groups in total. The van der Waals surface area contributed by atoms with Crippen molar-refractivity contribution in [2.75, 3.05) is 19.0 Å².